The van der Waals surface area contributed by atoms with Crippen molar-refractivity contribution < 1.29 is 0 Å². The second-order valence-electron chi connectivity index (χ2n) is 8.83. The van der Waals surface area contributed by atoms with Crippen molar-refractivity contribution in [2.45, 2.75) is 20.0 Å². The van der Waals surface area contributed by atoms with Gasteiger partial charge in [0.25, 0.3) is 5.56 Å². The number of rotatable bonds is 5. The van der Waals surface area contributed by atoms with Crippen LogP contribution in [0.15, 0.2) is 40.1 Å². The molecule has 4 aromatic rings. The molecule has 1 aliphatic rings. The number of benzene rings is 1. The monoisotopic (exact) mass is 469 g/mol. The van der Waals surface area contributed by atoms with Crippen LogP contribution >= 0.6 is 11.6 Å². The van der Waals surface area contributed by atoms with Crippen molar-refractivity contribution in [1.82, 2.24) is 32.9 Å². The number of hydrogen-bond acceptors (Lipinski definition) is 5. The van der Waals surface area contributed by atoms with E-state index in [9.17, 15) is 9.59 Å². The lowest BCUT2D eigenvalue weighted by Gasteiger charge is -2.34. The van der Waals surface area contributed by atoms with Gasteiger partial charge >= 0.3 is 5.69 Å². The fourth-order valence-electron chi connectivity index (χ4n) is 4.71. The molecule has 1 saturated heterocycles. The lowest BCUT2D eigenvalue weighted by atomic mass is 10.2. The van der Waals surface area contributed by atoms with Crippen molar-refractivity contribution in [2.24, 2.45) is 14.1 Å². The molecule has 33 heavy (non-hydrogen) atoms. The van der Waals surface area contributed by atoms with E-state index in [4.69, 9.17) is 11.6 Å². The summed E-state index contributed by atoms with van der Waals surface area (Å²) in [5, 5.41) is 0.782. The van der Waals surface area contributed by atoms with E-state index in [1.165, 1.54) is 17.2 Å². The Morgan fingerprint density at radius 2 is 1.73 bits per heavy atom. The standard InChI is InChI=1S/C23H28ClN7O2/c1-16-14-31-19-20(26(2)23(33)27(3)21(19)32)25-22(31)30(16)12-11-28-7-9-29(10-8-28)15-17-5-4-6-18(24)13-17/h4-6,13-14H,7-12,15H2,1-3H3. The molecule has 0 unspecified atom stereocenters. The zero-order chi connectivity index (χ0) is 23.3. The number of hydrogen-bond donors (Lipinski definition) is 0. The van der Waals surface area contributed by atoms with Crippen LogP contribution in [0.4, 0.5) is 0 Å². The van der Waals surface area contributed by atoms with Crippen LogP contribution in [0.5, 0.6) is 0 Å². The predicted molar refractivity (Wildman–Crippen MR) is 129 cm³/mol. The van der Waals surface area contributed by atoms with Crippen LogP contribution in [-0.4, -0.2) is 65.6 Å². The zero-order valence-corrected chi connectivity index (χ0v) is 19.9. The second-order valence-corrected chi connectivity index (χ2v) is 9.27. The Bertz CT molecular complexity index is 1450. The van der Waals surface area contributed by atoms with Gasteiger partial charge in [0.1, 0.15) is 0 Å². The van der Waals surface area contributed by atoms with Crippen LogP contribution in [-0.2, 0) is 27.2 Å². The maximum absolute atomic E-state index is 12.7. The molecule has 3 aromatic heterocycles. The third-order valence-corrected chi connectivity index (χ3v) is 6.89. The Hall–Kier alpha value is -2.88. The van der Waals surface area contributed by atoms with Crippen LogP contribution in [0.3, 0.4) is 0 Å². The summed E-state index contributed by atoms with van der Waals surface area (Å²) in [6, 6.07) is 8.06. The van der Waals surface area contributed by atoms with Gasteiger partial charge in [-0.15, -0.1) is 0 Å². The molecule has 0 atom stereocenters. The average molecular weight is 470 g/mol. The van der Waals surface area contributed by atoms with Crippen LogP contribution in [0.1, 0.15) is 11.3 Å². The first kappa shape index (κ1) is 21.9. The van der Waals surface area contributed by atoms with Gasteiger partial charge in [0.15, 0.2) is 11.2 Å². The number of piperazine rings is 1. The molecule has 0 saturated carbocycles. The van der Waals surface area contributed by atoms with Gasteiger partial charge < -0.3 is 4.57 Å². The van der Waals surface area contributed by atoms with Gasteiger partial charge in [0, 0.05) is 76.8 Å². The lowest BCUT2D eigenvalue weighted by Crippen LogP contribution is -2.46. The molecule has 0 N–H and O–H groups in total. The Labute approximate surface area is 196 Å². The predicted octanol–water partition coefficient (Wildman–Crippen LogP) is 1.47. The van der Waals surface area contributed by atoms with Crippen molar-refractivity contribution in [3.8, 4) is 0 Å². The summed E-state index contributed by atoms with van der Waals surface area (Å²) in [7, 11) is 3.15. The molecule has 10 heteroatoms. The number of imidazole rings is 2. The molecule has 5 rings (SSSR count). The Balaban J connectivity index is 1.30. The van der Waals surface area contributed by atoms with Crippen molar-refractivity contribution in [2.75, 3.05) is 32.7 Å². The van der Waals surface area contributed by atoms with Gasteiger partial charge in [0.05, 0.1) is 0 Å². The summed E-state index contributed by atoms with van der Waals surface area (Å²) >= 11 is 6.12. The van der Waals surface area contributed by atoms with E-state index in [1.54, 1.807) is 7.05 Å². The normalized spacial score (nSPS) is 15.8. The first-order chi connectivity index (χ1) is 15.8. The second kappa shape index (κ2) is 8.48. The maximum Gasteiger partial charge on any atom is 0.332 e. The molecular formula is C23H28ClN7O2. The minimum Gasteiger partial charge on any atom is -0.313 e. The molecule has 0 amide bonds. The van der Waals surface area contributed by atoms with E-state index in [2.05, 4.69) is 25.4 Å². The van der Waals surface area contributed by atoms with Gasteiger partial charge in [-0.25, -0.2) is 4.79 Å². The van der Waals surface area contributed by atoms with E-state index in [-0.39, 0.29) is 11.2 Å². The highest BCUT2D eigenvalue weighted by atomic mass is 35.5. The third kappa shape index (κ3) is 3.90. The Morgan fingerprint density at radius 1 is 1.00 bits per heavy atom. The minimum absolute atomic E-state index is 0.325. The number of halogens is 1. The summed E-state index contributed by atoms with van der Waals surface area (Å²) in [5.41, 5.74) is 2.44. The first-order valence-corrected chi connectivity index (χ1v) is 11.5. The number of fused-ring (bicyclic) bond motifs is 3. The average Bonchev–Trinajstić information content (AvgIpc) is 3.31. The van der Waals surface area contributed by atoms with E-state index in [1.807, 2.05) is 35.7 Å². The smallest absolute Gasteiger partial charge is 0.313 e. The Morgan fingerprint density at radius 3 is 2.45 bits per heavy atom. The molecule has 4 heterocycles. The van der Waals surface area contributed by atoms with Gasteiger partial charge in [-0.3, -0.25) is 28.1 Å². The molecule has 174 valence electrons. The van der Waals surface area contributed by atoms with Crippen molar-refractivity contribution in [1.29, 1.82) is 0 Å². The van der Waals surface area contributed by atoms with E-state index >= 15 is 0 Å². The molecule has 9 nitrogen and oxygen atoms in total. The van der Waals surface area contributed by atoms with Crippen LogP contribution < -0.4 is 11.2 Å². The van der Waals surface area contributed by atoms with Gasteiger partial charge in [-0.05, 0) is 24.6 Å². The summed E-state index contributed by atoms with van der Waals surface area (Å²) in [6.45, 7) is 8.64. The van der Waals surface area contributed by atoms with Crippen LogP contribution in [0.2, 0.25) is 5.02 Å². The van der Waals surface area contributed by atoms with E-state index in [0.717, 1.165) is 61.1 Å². The fraction of sp³-hybridized carbons (Fsp3) is 0.435. The number of nitrogens with zero attached hydrogens (tertiary/aromatic N) is 7. The maximum atomic E-state index is 12.7. The molecule has 0 spiro atoms. The molecule has 1 fully saturated rings. The van der Waals surface area contributed by atoms with Crippen LogP contribution in [0.25, 0.3) is 16.9 Å². The highest BCUT2D eigenvalue weighted by molar-refractivity contribution is 6.30. The first-order valence-electron chi connectivity index (χ1n) is 11.2. The van der Waals surface area contributed by atoms with Crippen molar-refractivity contribution in [3.63, 3.8) is 0 Å². The topological polar surface area (TPSA) is 72.7 Å². The quantitative estimate of drug-likeness (QED) is 0.442. The summed E-state index contributed by atoms with van der Waals surface area (Å²) in [6.07, 6.45) is 1.93. The molecular weight excluding hydrogens is 442 g/mol. The lowest BCUT2D eigenvalue weighted by molar-refractivity contribution is 0.124. The number of aryl methyl sites for hydroxylation is 2. The van der Waals surface area contributed by atoms with Crippen LogP contribution in [0, 0.1) is 6.92 Å². The molecule has 0 aliphatic carbocycles. The minimum atomic E-state index is -0.368. The largest absolute Gasteiger partial charge is 0.332 e. The van der Waals surface area contributed by atoms with Gasteiger partial charge in [0.2, 0.25) is 5.78 Å². The van der Waals surface area contributed by atoms with E-state index in [0.29, 0.717) is 16.9 Å². The zero-order valence-electron chi connectivity index (χ0n) is 19.2. The summed E-state index contributed by atoms with van der Waals surface area (Å²) in [4.78, 5) is 34.6. The molecule has 0 radical (unpaired) electrons. The fourth-order valence-corrected chi connectivity index (χ4v) is 4.93. The Kier molecular flexibility index (Phi) is 5.64. The highest BCUT2D eigenvalue weighted by Crippen LogP contribution is 2.17. The third-order valence-electron chi connectivity index (χ3n) is 6.66. The van der Waals surface area contributed by atoms with Crippen molar-refractivity contribution >= 4 is 28.5 Å². The molecule has 1 aliphatic heterocycles. The summed E-state index contributed by atoms with van der Waals surface area (Å²) < 4.78 is 6.51. The SMILES string of the molecule is Cc1cn2c3c(=O)n(C)c(=O)n(C)c3nc2n1CCN1CCN(Cc2cccc(Cl)c2)CC1. The van der Waals surface area contributed by atoms with Crippen molar-refractivity contribution in [3.05, 3.63) is 67.6 Å². The van der Waals surface area contributed by atoms with Gasteiger partial charge in [-0.2, -0.15) is 4.98 Å². The molecule has 1 aromatic carbocycles. The number of aromatic nitrogens is 5. The van der Waals surface area contributed by atoms with Gasteiger partial charge in [-0.1, -0.05) is 23.7 Å². The van der Waals surface area contributed by atoms with E-state index < -0.39 is 0 Å². The summed E-state index contributed by atoms with van der Waals surface area (Å²) in [5.74, 6) is 0.695. The highest BCUT2D eigenvalue weighted by Gasteiger charge is 2.21. The molecule has 0 bridgehead atoms.